The molecule has 0 bridgehead atoms. The molecule has 3 rings (SSSR count). The Morgan fingerprint density at radius 1 is 1.19 bits per heavy atom. The number of hydrogen-bond donors (Lipinski definition) is 1. The molecule has 1 aromatic carbocycles. The highest BCUT2D eigenvalue weighted by Crippen LogP contribution is 2.35. The molecule has 0 amide bonds. The molecule has 3 heteroatoms. The summed E-state index contributed by atoms with van der Waals surface area (Å²) >= 11 is 0. The molecule has 1 saturated carbocycles. The number of para-hydroxylation sites is 2. The Labute approximate surface area is 95.5 Å². The highest BCUT2D eigenvalue weighted by molar-refractivity contribution is 5.40. The SMILES string of the molecule is NC(C1CCC1)C1COc2ccccc2O1. The number of hydrogen-bond acceptors (Lipinski definition) is 3. The summed E-state index contributed by atoms with van der Waals surface area (Å²) in [5.41, 5.74) is 6.21. The second-order valence-corrected chi connectivity index (χ2v) is 4.68. The van der Waals surface area contributed by atoms with Crippen molar-refractivity contribution >= 4 is 0 Å². The van der Waals surface area contributed by atoms with Crippen molar-refractivity contribution in [2.24, 2.45) is 11.7 Å². The number of benzene rings is 1. The van der Waals surface area contributed by atoms with E-state index in [2.05, 4.69) is 0 Å². The minimum atomic E-state index is 0.0141. The molecule has 3 nitrogen and oxygen atoms in total. The van der Waals surface area contributed by atoms with Crippen molar-refractivity contribution in [2.45, 2.75) is 31.4 Å². The van der Waals surface area contributed by atoms with Crippen LogP contribution in [0.2, 0.25) is 0 Å². The predicted molar refractivity (Wildman–Crippen MR) is 61.7 cm³/mol. The maximum absolute atomic E-state index is 6.21. The largest absolute Gasteiger partial charge is 0.486 e. The van der Waals surface area contributed by atoms with Crippen molar-refractivity contribution < 1.29 is 9.47 Å². The Morgan fingerprint density at radius 3 is 2.62 bits per heavy atom. The molecule has 1 aliphatic carbocycles. The van der Waals surface area contributed by atoms with Crippen LogP contribution in [0.5, 0.6) is 11.5 Å². The fourth-order valence-corrected chi connectivity index (χ4v) is 2.35. The van der Waals surface area contributed by atoms with Crippen molar-refractivity contribution in [1.29, 1.82) is 0 Å². The van der Waals surface area contributed by atoms with Crippen molar-refractivity contribution in [3.05, 3.63) is 24.3 Å². The summed E-state index contributed by atoms with van der Waals surface area (Å²) < 4.78 is 11.6. The molecular formula is C13H17NO2. The van der Waals surface area contributed by atoms with Crippen LogP contribution in [0.4, 0.5) is 0 Å². The molecule has 0 aromatic heterocycles. The first-order valence-corrected chi connectivity index (χ1v) is 5.98. The van der Waals surface area contributed by atoms with Gasteiger partial charge in [0, 0.05) is 6.04 Å². The van der Waals surface area contributed by atoms with Gasteiger partial charge >= 0.3 is 0 Å². The maximum Gasteiger partial charge on any atom is 0.161 e. The average Bonchev–Trinajstić information content (AvgIpc) is 2.26. The van der Waals surface area contributed by atoms with Gasteiger partial charge in [0.05, 0.1) is 0 Å². The highest BCUT2D eigenvalue weighted by Gasteiger charge is 2.34. The zero-order valence-electron chi connectivity index (χ0n) is 9.26. The summed E-state index contributed by atoms with van der Waals surface area (Å²) in [4.78, 5) is 0. The number of rotatable bonds is 2. The third-order valence-corrected chi connectivity index (χ3v) is 3.65. The predicted octanol–water partition coefficient (Wildman–Crippen LogP) is 1.95. The molecule has 1 aromatic rings. The first kappa shape index (κ1) is 9.97. The van der Waals surface area contributed by atoms with E-state index in [1.807, 2.05) is 24.3 Å². The van der Waals surface area contributed by atoms with Crippen LogP contribution in [0.25, 0.3) is 0 Å². The van der Waals surface area contributed by atoms with Gasteiger partial charge in [-0.15, -0.1) is 0 Å². The number of nitrogens with two attached hydrogens (primary N) is 1. The fourth-order valence-electron chi connectivity index (χ4n) is 2.35. The average molecular weight is 219 g/mol. The molecule has 2 N–H and O–H groups in total. The summed E-state index contributed by atoms with van der Waals surface area (Å²) in [6.45, 7) is 0.578. The molecule has 0 spiro atoms. The molecule has 1 aliphatic heterocycles. The van der Waals surface area contributed by atoms with Crippen molar-refractivity contribution in [3.63, 3.8) is 0 Å². The van der Waals surface area contributed by atoms with Crippen LogP contribution in [0.1, 0.15) is 19.3 Å². The topological polar surface area (TPSA) is 44.5 Å². The summed E-state index contributed by atoms with van der Waals surface area (Å²) in [6, 6.07) is 7.89. The second kappa shape index (κ2) is 3.98. The van der Waals surface area contributed by atoms with Crippen LogP contribution in [0.15, 0.2) is 24.3 Å². The molecule has 0 saturated heterocycles. The third-order valence-electron chi connectivity index (χ3n) is 3.65. The van der Waals surface area contributed by atoms with Gasteiger partial charge in [-0.25, -0.2) is 0 Å². The number of ether oxygens (including phenoxy) is 2. The highest BCUT2D eigenvalue weighted by atomic mass is 16.6. The van der Waals surface area contributed by atoms with Crippen LogP contribution in [0.3, 0.4) is 0 Å². The van der Waals surface area contributed by atoms with E-state index >= 15 is 0 Å². The van der Waals surface area contributed by atoms with E-state index in [9.17, 15) is 0 Å². The van der Waals surface area contributed by atoms with Gasteiger partial charge in [0.1, 0.15) is 12.7 Å². The zero-order chi connectivity index (χ0) is 11.0. The minimum Gasteiger partial charge on any atom is -0.486 e. The van der Waals surface area contributed by atoms with Gasteiger partial charge in [-0.1, -0.05) is 18.6 Å². The third kappa shape index (κ3) is 1.65. The van der Waals surface area contributed by atoms with Gasteiger partial charge in [-0.2, -0.15) is 0 Å². The van der Waals surface area contributed by atoms with Gasteiger partial charge in [-0.05, 0) is 30.9 Å². The van der Waals surface area contributed by atoms with Crippen molar-refractivity contribution in [2.75, 3.05) is 6.61 Å². The monoisotopic (exact) mass is 219 g/mol. The Kier molecular flexibility index (Phi) is 2.48. The van der Waals surface area contributed by atoms with E-state index in [4.69, 9.17) is 15.2 Å². The Hall–Kier alpha value is -1.22. The van der Waals surface area contributed by atoms with E-state index in [-0.39, 0.29) is 12.1 Å². The molecule has 2 atom stereocenters. The molecular weight excluding hydrogens is 202 g/mol. The molecule has 1 fully saturated rings. The van der Waals surface area contributed by atoms with Crippen molar-refractivity contribution in [1.82, 2.24) is 0 Å². The van der Waals surface area contributed by atoms with Gasteiger partial charge < -0.3 is 15.2 Å². The smallest absolute Gasteiger partial charge is 0.161 e. The van der Waals surface area contributed by atoms with E-state index in [1.165, 1.54) is 19.3 Å². The molecule has 0 radical (unpaired) electrons. The lowest BCUT2D eigenvalue weighted by atomic mass is 9.78. The van der Waals surface area contributed by atoms with Crippen LogP contribution >= 0.6 is 0 Å². The lowest BCUT2D eigenvalue weighted by Gasteiger charge is -2.38. The van der Waals surface area contributed by atoms with E-state index in [0.717, 1.165) is 11.5 Å². The van der Waals surface area contributed by atoms with E-state index < -0.39 is 0 Å². The van der Waals surface area contributed by atoms with Gasteiger partial charge in [0.15, 0.2) is 11.5 Å². The van der Waals surface area contributed by atoms with Gasteiger partial charge in [-0.3, -0.25) is 0 Å². The van der Waals surface area contributed by atoms with Crippen LogP contribution < -0.4 is 15.2 Å². The fraction of sp³-hybridized carbons (Fsp3) is 0.538. The summed E-state index contributed by atoms with van der Waals surface area (Å²) in [6.07, 6.45) is 3.80. The molecule has 2 aliphatic rings. The number of fused-ring (bicyclic) bond motifs is 1. The normalized spacial score (nSPS) is 25.9. The Balaban J connectivity index is 1.72. The summed E-state index contributed by atoms with van der Waals surface area (Å²) in [5, 5.41) is 0. The van der Waals surface area contributed by atoms with Crippen molar-refractivity contribution in [3.8, 4) is 11.5 Å². The van der Waals surface area contributed by atoms with E-state index in [0.29, 0.717) is 12.5 Å². The van der Waals surface area contributed by atoms with Crippen LogP contribution in [-0.2, 0) is 0 Å². The standard InChI is InChI=1S/C13H17NO2/c14-13(9-4-3-5-9)12-8-15-10-6-1-2-7-11(10)16-12/h1-2,6-7,9,12-13H,3-5,8,14H2. The quantitative estimate of drug-likeness (QED) is 0.827. The Bertz CT molecular complexity index is 376. The summed E-state index contributed by atoms with van der Waals surface area (Å²) in [5.74, 6) is 2.28. The van der Waals surface area contributed by atoms with Crippen LogP contribution in [-0.4, -0.2) is 18.8 Å². The first-order chi connectivity index (χ1) is 7.84. The maximum atomic E-state index is 6.21. The lowest BCUT2D eigenvalue weighted by Crippen LogP contribution is -2.50. The zero-order valence-corrected chi connectivity index (χ0v) is 9.26. The minimum absolute atomic E-state index is 0.0141. The van der Waals surface area contributed by atoms with Crippen LogP contribution in [0, 0.1) is 5.92 Å². The summed E-state index contributed by atoms with van der Waals surface area (Å²) in [7, 11) is 0. The molecule has 2 unspecified atom stereocenters. The molecule has 86 valence electrons. The Morgan fingerprint density at radius 2 is 1.94 bits per heavy atom. The second-order valence-electron chi connectivity index (χ2n) is 4.68. The van der Waals surface area contributed by atoms with E-state index in [1.54, 1.807) is 0 Å². The lowest BCUT2D eigenvalue weighted by molar-refractivity contribution is 0.0421. The van der Waals surface area contributed by atoms with Gasteiger partial charge in [0.2, 0.25) is 0 Å². The van der Waals surface area contributed by atoms with Gasteiger partial charge in [0.25, 0.3) is 0 Å². The first-order valence-electron chi connectivity index (χ1n) is 5.98. The molecule has 1 heterocycles. The molecule has 16 heavy (non-hydrogen) atoms.